The zero-order valence-electron chi connectivity index (χ0n) is 85.7. The highest BCUT2D eigenvalue weighted by Gasteiger charge is 2.33. The van der Waals surface area contributed by atoms with E-state index in [9.17, 15) is 34.5 Å². The van der Waals surface area contributed by atoms with Gasteiger partial charge in [-0.25, -0.2) is 24.4 Å². The van der Waals surface area contributed by atoms with Gasteiger partial charge in [-0.05, 0) is 400 Å². The van der Waals surface area contributed by atoms with Gasteiger partial charge in [-0.1, -0.05) is 211 Å². The fourth-order valence-electron chi connectivity index (χ4n) is 19.7. The van der Waals surface area contributed by atoms with Crippen molar-refractivity contribution in [2.45, 2.75) is 162 Å². The number of hydrogen-bond donors (Lipinski definition) is 5. The third-order valence-corrected chi connectivity index (χ3v) is 27.7. The average Bonchev–Trinajstić information content (AvgIpc) is 1.56. The molecule has 2 aliphatic rings. The number of aromatic carboxylic acids is 3. The lowest BCUT2D eigenvalue weighted by Crippen LogP contribution is -1.95. The second kappa shape index (κ2) is 44.1. The highest BCUT2D eigenvalue weighted by molar-refractivity contribution is 6.10. The minimum atomic E-state index is -0.985. The van der Waals surface area contributed by atoms with Gasteiger partial charge in [-0.3, -0.25) is 4.79 Å². The molecule has 716 valence electrons. The van der Waals surface area contributed by atoms with Crippen molar-refractivity contribution in [2.24, 2.45) is 0 Å². The van der Waals surface area contributed by atoms with Crippen LogP contribution in [0.25, 0.3) is 88.9 Å². The summed E-state index contributed by atoms with van der Waals surface area (Å²) in [7, 11) is 0. The van der Waals surface area contributed by atoms with Gasteiger partial charge in [-0.2, -0.15) is 0 Å². The molecule has 3 aromatic heterocycles. The number of benzene rings is 12. The predicted octanol–water partition coefficient (Wildman–Crippen LogP) is 29.3. The largest absolute Gasteiger partial charge is 0.478 e. The van der Waals surface area contributed by atoms with E-state index in [0.29, 0.717) is 56.9 Å². The standard InChI is InChI=1S/C136H110N4O7/c1-17-114-116(19-3)128-123(100-53-31-92(32-54-100)45-67-108-75-87(14)111(78-84(108)11)70-48-95-37-59-103(60-38-95)134(142)143)130-118(21-5)120(23-7)132(139-130)125(102-57-35-94(36-58-102)47-69-110-77-89(16)113(80-86(110)13)72-50-97-41-63-105(64-42-97)136(146)147)133-121(24-8)119(22-6)131(140-133)124(101-55-33-93(34-56-101)46-68-109-76-88(15)112(79-85(109)12)71-49-96-39-61-104(62-40-96)135(144)145)129-117(20-4)115(18-2)127(138-129)122(126(114)137-128)99-51-29-91(30-52-99)44-66-107-74-82(9)106(73-83(107)10)65-43-90-25-27-98(81-141)28-26-90/h25-42,51-64,73-81,137,140H,17-24H2,1-16H3,(H,142,143)(H,144,145)(H,146,147). The summed E-state index contributed by atoms with van der Waals surface area (Å²) in [6, 6.07) is 78.7. The minimum absolute atomic E-state index is 0.207. The zero-order valence-corrected chi connectivity index (χ0v) is 85.7. The van der Waals surface area contributed by atoms with E-state index in [2.05, 4.69) is 340 Å². The average molecular weight is 1910 g/mol. The number of hydrogen-bond acceptors (Lipinski definition) is 6. The summed E-state index contributed by atoms with van der Waals surface area (Å²) in [6.07, 6.45) is 6.16. The summed E-state index contributed by atoms with van der Waals surface area (Å²) in [5, 5.41) is 28.6. The number of H-pyrrole nitrogens is 2. The molecule has 11 nitrogen and oxygen atoms in total. The van der Waals surface area contributed by atoms with Crippen molar-refractivity contribution in [1.29, 1.82) is 0 Å². The molecule has 5 heterocycles. The first-order valence-corrected chi connectivity index (χ1v) is 50.1. The van der Waals surface area contributed by atoms with Gasteiger partial charge in [0.15, 0.2) is 0 Å². The summed E-state index contributed by atoms with van der Waals surface area (Å²) in [5.41, 5.74) is 46.9. The van der Waals surface area contributed by atoms with Crippen molar-refractivity contribution in [3.63, 3.8) is 0 Å². The molecule has 15 aromatic rings. The fraction of sp³-hybridized carbons (Fsp3) is 0.176. The first-order chi connectivity index (χ1) is 71.2. The van der Waals surface area contributed by atoms with Gasteiger partial charge in [-0.15, -0.1) is 0 Å². The van der Waals surface area contributed by atoms with Gasteiger partial charge in [0.05, 0.1) is 61.5 Å². The number of carboxylic acids is 3. The van der Waals surface area contributed by atoms with Gasteiger partial charge in [0.2, 0.25) is 0 Å². The first kappa shape index (κ1) is 100. The molecule has 0 saturated heterocycles. The van der Waals surface area contributed by atoms with E-state index >= 15 is 0 Å². The van der Waals surface area contributed by atoms with Crippen LogP contribution in [0.15, 0.2) is 243 Å². The first-order valence-electron chi connectivity index (χ1n) is 50.1. The lowest BCUT2D eigenvalue weighted by atomic mass is 9.89. The Bertz CT molecular complexity index is 8040. The van der Waals surface area contributed by atoms with Gasteiger partial charge in [0, 0.05) is 117 Å². The van der Waals surface area contributed by atoms with Crippen LogP contribution in [0.4, 0.5) is 0 Å². The van der Waals surface area contributed by atoms with Crippen LogP contribution in [0.1, 0.15) is 301 Å². The van der Waals surface area contributed by atoms with Crippen molar-refractivity contribution in [3.05, 3.63) is 443 Å². The van der Waals surface area contributed by atoms with Crippen molar-refractivity contribution >= 4 is 68.6 Å². The molecule has 2 aliphatic heterocycles. The van der Waals surface area contributed by atoms with E-state index < -0.39 is 17.9 Å². The number of nitrogens with one attached hydrogen (secondary N) is 2. The number of aldehydes is 1. The molecule has 0 fully saturated rings. The number of allylic oxidation sites excluding steroid dienone is 4. The molecular formula is C136H110N4O7. The molecule has 12 aromatic carbocycles. The van der Waals surface area contributed by atoms with Crippen LogP contribution in [0, 0.1) is 150 Å². The molecule has 11 heteroatoms. The van der Waals surface area contributed by atoms with Crippen LogP contribution in [0.5, 0.6) is 0 Å². The number of nitrogens with zero attached hydrogens (tertiary/aromatic N) is 2. The molecule has 0 atom stereocenters. The maximum absolute atomic E-state index is 11.6. The molecular weight excluding hydrogens is 1800 g/mol. The fourth-order valence-corrected chi connectivity index (χ4v) is 19.7. The number of aromatic nitrogens is 4. The van der Waals surface area contributed by atoms with Crippen LogP contribution in [-0.4, -0.2) is 59.4 Å². The number of aryl methyl sites for hydroxylation is 12. The monoisotopic (exact) mass is 1910 g/mol. The molecule has 0 aliphatic carbocycles. The van der Waals surface area contributed by atoms with Gasteiger partial charge in [0.1, 0.15) is 6.29 Å². The molecule has 17 rings (SSSR count). The van der Waals surface area contributed by atoms with Crippen LogP contribution in [0.3, 0.4) is 0 Å². The van der Waals surface area contributed by atoms with Gasteiger partial charge < -0.3 is 25.3 Å². The maximum Gasteiger partial charge on any atom is 0.335 e. The van der Waals surface area contributed by atoms with Crippen LogP contribution < -0.4 is 0 Å². The predicted molar refractivity (Wildman–Crippen MR) is 599 cm³/mol. The second-order valence-electron chi connectivity index (χ2n) is 37.1. The Balaban J connectivity index is 0.905. The molecule has 0 unspecified atom stereocenters. The minimum Gasteiger partial charge on any atom is -0.478 e. The number of carboxylic acid groups (broad SMARTS) is 3. The summed E-state index contributed by atoms with van der Waals surface area (Å²) in [5.74, 6) is 51.9. The highest BCUT2D eigenvalue weighted by atomic mass is 16.4. The normalized spacial score (nSPS) is 11.2. The van der Waals surface area contributed by atoms with E-state index in [1.165, 1.54) is 22.3 Å². The number of carbonyl (C=O) groups excluding carboxylic acids is 1. The summed E-state index contributed by atoms with van der Waals surface area (Å²) >= 11 is 0. The highest BCUT2D eigenvalue weighted by Crippen LogP contribution is 2.51. The van der Waals surface area contributed by atoms with Crippen molar-refractivity contribution in [1.82, 2.24) is 19.9 Å². The third kappa shape index (κ3) is 21.3. The molecule has 0 radical (unpaired) electrons. The number of fused-ring (bicyclic) bond motifs is 8. The Morgan fingerprint density at radius 1 is 0.238 bits per heavy atom. The molecule has 5 N–H and O–H groups in total. The molecule has 0 saturated carbocycles. The van der Waals surface area contributed by atoms with Crippen molar-refractivity contribution < 1.29 is 34.5 Å². The Labute approximate surface area is 862 Å². The SMILES string of the molecule is CCC1=C(CC)c2nc1c(-c1ccc(C#Cc3cc(C)c(C#Cc4ccc(C=O)cc4)cc3C)cc1)c1[nH]c(c(CC)c1CC)c(-c1ccc(C#Cc3cc(C)c(C#Cc4ccc(C(=O)O)cc4)cc3C)cc1)c1nc(c(-c3ccc(C#Cc4cc(C)c(C#Cc5ccc(C(=O)O)cc5)cc4C)cc3)c3[nH]c(c(CC)c3CC)c2-c2ccc(C#Cc3cc(C)c(C#Cc4ccc(C(=O)O)cc4)cc3C)cc2)C(CC)=C1CC. The summed E-state index contributed by atoms with van der Waals surface area (Å²) in [6.45, 7) is 34.6. The molecule has 0 amide bonds. The topological polar surface area (TPSA) is 186 Å². The van der Waals surface area contributed by atoms with E-state index in [0.717, 1.165) is 251 Å². The van der Waals surface area contributed by atoms with Gasteiger partial charge >= 0.3 is 17.9 Å². The van der Waals surface area contributed by atoms with Crippen LogP contribution in [-0.2, 0) is 25.7 Å². The van der Waals surface area contributed by atoms with E-state index in [1.54, 1.807) is 84.9 Å². The van der Waals surface area contributed by atoms with E-state index in [4.69, 9.17) is 9.97 Å². The lowest BCUT2D eigenvalue weighted by molar-refractivity contribution is 0.0686. The molecule has 147 heavy (non-hydrogen) atoms. The number of rotatable bonds is 16. The second-order valence-corrected chi connectivity index (χ2v) is 37.1. The number of aromatic amines is 2. The van der Waals surface area contributed by atoms with E-state index in [1.807, 2.05) is 32.9 Å². The summed E-state index contributed by atoms with van der Waals surface area (Å²) in [4.78, 5) is 67.8. The lowest BCUT2D eigenvalue weighted by Gasteiger charge is -2.12. The Kier molecular flexibility index (Phi) is 30.1. The third-order valence-electron chi connectivity index (χ3n) is 27.7. The quantitative estimate of drug-likeness (QED) is 0.0464. The zero-order chi connectivity index (χ0) is 104. The molecule has 8 bridgehead atoms. The smallest absolute Gasteiger partial charge is 0.335 e. The van der Waals surface area contributed by atoms with Crippen molar-refractivity contribution in [3.8, 4) is 139 Å². The van der Waals surface area contributed by atoms with Crippen LogP contribution >= 0.6 is 0 Å². The number of carbonyl (C=O) groups is 4. The Hall–Kier alpha value is -18.2. The molecule has 0 spiro atoms. The Morgan fingerprint density at radius 2 is 0.401 bits per heavy atom. The van der Waals surface area contributed by atoms with Gasteiger partial charge in [0.25, 0.3) is 0 Å². The Morgan fingerprint density at radius 3 is 0.551 bits per heavy atom. The summed E-state index contributed by atoms with van der Waals surface area (Å²) < 4.78 is 0. The maximum atomic E-state index is 11.6. The van der Waals surface area contributed by atoms with Crippen LogP contribution in [0.2, 0.25) is 0 Å². The van der Waals surface area contributed by atoms with Crippen molar-refractivity contribution in [2.75, 3.05) is 0 Å². The van der Waals surface area contributed by atoms with E-state index in [-0.39, 0.29) is 16.7 Å².